The maximum Gasteiger partial charge on any atom is 0.222 e. The third-order valence-electron chi connectivity index (χ3n) is 3.02. The van der Waals surface area contributed by atoms with E-state index < -0.39 is 0 Å². The van der Waals surface area contributed by atoms with Gasteiger partial charge < -0.3 is 15.4 Å². The van der Waals surface area contributed by atoms with E-state index in [-0.39, 0.29) is 11.9 Å². The summed E-state index contributed by atoms with van der Waals surface area (Å²) in [5.74, 6) is 1.30. The van der Waals surface area contributed by atoms with E-state index in [1.807, 2.05) is 4.90 Å². The van der Waals surface area contributed by atoms with Crippen LogP contribution in [0, 0.1) is 11.8 Å². The molecule has 1 rings (SSSR count). The van der Waals surface area contributed by atoms with Gasteiger partial charge in [-0.3, -0.25) is 4.79 Å². The van der Waals surface area contributed by atoms with Gasteiger partial charge in [0.1, 0.15) is 0 Å². The molecule has 0 spiro atoms. The molecule has 1 heterocycles. The average molecular weight is 214 g/mol. The number of nitrogens with two attached hydrogens (primary N) is 1. The van der Waals surface area contributed by atoms with Crippen LogP contribution in [-0.4, -0.2) is 43.7 Å². The van der Waals surface area contributed by atoms with Gasteiger partial charge in [0.25, 0.3) is 0 Å². The van der Waals surface area contributed by atoms with Gasteiger partial charge in [-0.1, -0.05) is 13.8 Å². The van der Waals surface area contributed by atoms with Crippen LogP contribution in [0.1, 0.15) is 20.3 Å². The molecule has 0 bridgehead atoms. The molecule has 1 amide bonds. The van der Waals surface area contributed by atoms with E-state index in [4.69, 9.17) is 10.5 Å². The second-order valence-corrected chi connectivity index (χ2v) is 4.72. The molecule has 1 fully saturated rings. The number of rotatable bonds is 5. The lowest BCUT2D eigenvalue weighted by atomic mass is 9.95. The summed E-state index contributed by atoms with van der Waals surface area (Å²) < 4.78 is 4.96. The third kappa shape index (κ3) is 3.47. The second-order valence-electron chi connectivity index (χ2n) is 4.72. The van der Waals surface area contributed by atoms with Crippen molar-refractivity contribution in [3.05, 3.63) is 0 Å². The Hall–Kier alpha value is -0.610. The molecule has 4 heteroatoms. The number of methoxy groups -OCH3 is 1. The molecule has 1 saturated heterocycles. The summed E-state index contributed by atoms with van der Waals surface area (Å²) in [5, 5.41) is 0. The quantitative estimate of drug-likeness (QED) is 0.723. The number of carbonyl (C=O) groups is 1. The molecule has 1 aliphatic rings. The molecular weight excluding hydrogens is 192 g/mol. The van der Waals surface area contributed by atoms with E-state index >= 15 is 0 Å². The topological polar surface area (TPSA) is 55.6 Å². The van der Waals surface area contributed by atoms with E-state index in [9.17, 15) is 4.79 Å². The van der Waals surface area contributed by atoms with Gasteiger partial charge in [-0.05, 0) is 11.8 Å². The highest BCUT2D eigenvalue weighted by Gasteiger charge is 2.31. The lowest BCUT2D eigenvalue weighted by molar-refractivity contribution is -0.128. The summed E-state index contributed by atoms with van der Waals surface area (Å²) in [5.41, 5.74) is 5.83. The summed E-state index contributed by atoms with van der Waals surface area (Å²) in [6.45, 7) is 6.31. The molecule has 4 nitrogen and oxygen atoms in total. The van der Waals surface area contributed by atoms with Crippen molar-refractivity contribution in [3.63, 3.8) is 0 Å². The van der Waals surface area contributed by atoms with Crippen molar-refractivity contribution in [2.24, 2.45) is 17.6 Å². The van der Waals surface area contributed by atoms with Crippen molar-refractivity contribution in [3.8, 4) is 0 Å². The second kappa shape index (κ2) is 5.47. The molecule has 2 atom stereocenters. The fourth-order valence-electron chi connectivity index (χ4n) is 1.98. The zero-order chi connectivity index (χ0) is 11.4. The van der Waals surface area contributed by atoms with Crippen molar-refractivity contribution < 1.29 is 9.53 Å². The molecule has 0 radical (unpaired) electrons. The van der Waals surface area contributed by atoms with Gasteiger partial charge in [-0.25, -0.2) is 0 Å². The predicted octanol–water partition coefficient (Wildman–Crippen LogP) is 0.465. The summed E-state index contributed by atoms with van der Waals surface area (Å²) in [7, 11) is 1.63. The smallest absolute Gasteiger partial charge is 0.222 e. The summed E-state index contributed by atoms with van der Waals surface area (Å²) in [4.78, 5) is 13.5. The minimum absolute atomic E-state index is 0.0649. The zero-order valence-electron chi connectivity index (χ0n) is 9.90. The van der Waals surface area contributed by atoms with Gasteiger partial charge in [0.2, 0.25) is 5.91 Å². The molecule has 1 aliphatic heterocycles. The van der Waals surface area contributed by atoms with Gasteiger partial charge in [0, 0.05) is 32.7 Å². The van der Waals surface area contributed by atoms with Crippen molar-refractivity contribution in [2.75, 3.05) is 26.8 Å². The van der Waals surface area contributed by atoms with Gasteiger partial charge in [-0.15, -0.1) is 0 Å². The van der Waals surface area contributed by atoms with Crippen LogP contribution in [0.5, 0.6) is 0 Å². The fourth-order valence-corrected chi connectivity index (χ4v) is 1.98. The van der Waals surface area contributed by atoms with E-state index in [1.165, 1.54) is 0 Å². The van der Waals surface area contributed by atoms with Gasteiger partial charge >= 0.3 is 0 Å². The Morgan fingerprint density at radius 3 is 2.73 bits per heavy atom. The Kier molecular flexibility index (Phi) is 4.54. The zero-order valence-corrected chi connectivity index (χ0v) is 9.90. The standard InChI is InChI=1S/C11H22N2O2/c1-8(2)9-4-11(14)13(5-9)6-10(12)7-15-3/h8-10H,4-7,12H2,1-3H3. The van der Waals surface area contributed by atoms with Gasteiger partial charge in [-0.2, -0.15) is 0 Å². The average Bonchev–Trinajstić information content (AvgIpc) is 2.48. The number of likely N-dealkylation sites (tertiary alicyclic amines) is 1. The van der Waals surface area contributed by atoms with Crippen molar-refractivity contribution >= 4 is 5.91 Å². The number of ether oxygens (including phenoxy) is 1. The molecule has 2 unspecified atom stereocenters. The largest absolute Gasteiger partial charge is 0.383 e. The first-order valence-electron chi connectivity index (χ1n) is 5.57. The molecular formula is C11H22N2O2. The van der Waals surface area contributed by atoms with Gasteiger partial charge in [0.05, 0.1) is 6.61 Å². The van der Waals surface area contributed by atoms with Crippen LogP contribution in [0.2, 0.25) is 0 Å². The number of hydrogen-bond acceptors (Lipinski definition) is 3. The highest BCUT2D eigenvalue weighted by Crippen LogP contribution is 2.24. The molecule has 0 aromatic carbocycles. The number of hydrogen-bond donors (Lipinski definition) is 1. The number of carbonyl (C=O) groups excluding carboxylic acids is 1. The van der Waals surface area contributed by atoms with E-state index in [2.05, 4.69) is 13.8 Å². The van der Waals surface area contributed by atoms with Crippen molar-refractivity contribution in [1.82, 2.24) is 4.90 Å². The number of nitrogens with zero attached hydrogens (tertiary/aromatic N) is 1. The van der Waals surface area contributed by atoms with E-state index in [0.29, 0.717) is 31.4 Å². The van der Waals surface area contributed by atoms with Crippen molar-refractivity contribution in [1.29, 1.82) is 0 Å². The van der Waals surface area contributed by atoms with Crippen LogP contribution in [-0.2, 0) is 9.53 Å². The maximum atomic E-state index is 11.7. The Morgan fingerprint density at radius 1 is 1.60 bits per heavy atom. The molecule has 88 valence electrons. The van der Waals surface area contributed by atoms with E-state index in [1.54, 1.807) is 7.11 Å². The monoisotopic (exact) mass is 214 g/mol. The molecule has 2 N–H and O–H groups in total. The summed E-state index contributed by atoms with van der Waals surface area (Å²) in [6, 6.07) is -0.0649. The SMILES string of the molecule is COCC(N)CN1CC(C(C)C)CC1=O. The van der Waals surface area contributed by atoms with Crippen LogP contribution in [0.15, 0.2) is 0 Å². The predicted molar refractivity (Wildman–Crippen MR) is 59.4 cm³/mol. The Bertz CT molecular complexity index is 219. The molecule has 15 heavy (non-hydrogen) atoms. The van der Waals surface area contributed by atoms with Crippen molar-refractivity contribution in [2.45, 2.75) is 26.3 Å². The van der Waals surface area contributed by atoms with Crippen LogP contribution >= 0.6 is 0 Å². The van der Waals surface area contributed by atoms with Crippen LogP contribution in [0.25, 0.3) is 0 Å². The first-order valence-corrected chi connectivity index (χ1v) is 5.57. The summed E-state index contributed by atoms with van der Waals surface area (Å²) in [6.07, 6.45) is 0.678. The highest BCUT2D eigenvalue weighted by molar-refractivity contribution is 5.78. The molecule has 0 aromatic heterocycles. The molecule has 0 saturated carbocycles. The lowest BCUT2D eigenvalue weighted by Crippen LogP contribution is -2.41. The Balaban J connectivity index is 2.40. The summed E-state index contributed by atoms with van der Waals surface area (Å²) >= 11 is 0. The van der Waals surface area contributed by atoms with Crippen LogP contribution < -0.4 is 5.73 Å². The minimum Gasteiger partial charge on any atom is -0.383 e. The lowest BCUT2D eigenvalue weighted by Gasteiger charge is -2.21. The van der Waals surface area contributed by atoms with Crippen LogP contribution in [0.3, 0.4) is 0 Å². The Morgan fingerprint density at radius 2 is 2.27 bits per heavy atom. The fraction of sp³-hybridized carbons (Fsp3) is 0.909. The highest BCUT2D eigenvalue weighted by atomic mass is 16.5. The first kappa shape index (κ1) is 12.5. The van der Waals surface area contributed by atoms with E-state index in [0.717, 1.165) is 6.54 Å². The first-order chi connectivity index (χ1) is 7.04. The van der Waals surface area contributed by atoms with Crippen LogP contribution in [0.4, 0.5) is 0 Å². The number of amides is 1. The molecule has 0 aromatic rings. The molecule has 0 aliphatic carbocycles. The minimum atomic E-state index is -0.0649. The normalized spacial score (nSPS) is 23.9. The van der Waals surface area contributed by atoms with Gasteiger partial charge in [0.15, 0.2) is 0 Å². The third-order valence-corrected chi connectivity index (χ3v) is 3.02. The Labute approximate surface area is 91.8 Å². The maximum absolute atomic E-state index is 11.7.